The fraction of sp³-hybridized carbons (Fsp3) is 0.350. The normalized spacial score (nSPS) is 15.6. The van der Waals surface area contributed by atoms with E-state index in [4.69, 9.17) is 0 Å². The second kappa shape index (κ2) is 7.70. The average Bonchev–Trinajstić information content (AvgIpc) is 2.64. The molecule has 7 heteroatoms. The zero-order chi connectivity index (χ0) is 19.6. The quantitative estimate of drug-likeness (QED) is 0.823. The van der Waals surface area contributed by atoms with Crippen LogP contribution in [0.15, 0.2) is 47.4 Å². The zero-order valence-corrected chi connectivity index (χ0v) is 16.8. The predicted molar refractivity (Wildman–Crippen MR) is 106 cm³/mol. The largest absolute Gasteiger partial charge is 0.334 e. The minimum atomic E-state index is -3.78. The van der Waals surface area contributed by atoms with Gasteiger partial charge in [-0.1, -0.05) is 23.8 Å². The van der Waals surface area contributed by atoms with E-state index in [1.807, 2.05) is 19.1 Å². The van der Waals surface area contributed by atoms with Crippen molar-refractivity contribution >= 4 is 21.6 Å². The van der Waals surface area contributed by atoms with Crippen LogP contribution in [0.5, 0.6) is 0 Å². The summed E-state index contributed by atoms with van der Waals surface area (Å²) in [7, 11) is -1.67. The molecule has 144 valence electrons. The summed E-state index contributed by atoms with van der Waals surface area (Å²) in [5, 5.41) is 0. The summed E-state index contributed by atoms with van der Waals surface area (Å²) in [6.07, 6.45) is 0. The van der Waals surface area contributed by atoms with Crippen molar-refractivity contribution in [3.63, 3.8) is 0 Å². The molecule has 0 atom stereocenters. The van der Waals surface area contributed by atoms with Gasteiger partial charge in [-0.2, -0.15) is 0 Å². The number of hydrogen-bond donors (Lipinski definition) is 2. The van der Waals surface area contributed by atoms with Crippen LogP contribution < -0.4 is 9.62 Å². The van der Waals surface area contributed by atoms with E-state index < -0.39 is 10.0 Å². The second-order valence-electron chi connectivity index (χ2n) is 7.20. The maximum absolute atomic E-state index is 12.9. The number of anilines is 1. The fourth-order valence-corrected chi connectivity index (χ4v) is 4.46. The smallest absolute Gasteiger partial charge is 0.262 e. The Morgan fingerprint density at radius 2 is 1.67 bits per heavy atom. The molecule has 0 saturated carbocycles. The summed E-state index contributed by atoms with van der Waals surface area (Å²) < 4.78 is 28.3. The van der Waals surface area contributed by atoms with Gasteiger partial charge in [-0.15, -0.1) is 0 Å². The molecule has 0 unspecified atom stereocenters. The summed E-state index contributed by atoms with van der Waals surface area (Å²) in [6, 6.07) is 12.0. The van der Waals surface area contributed by atoms with Crippen LogP contribution >= 0.6 is 0 Å². The molecule has 0 aliphatic carbocycles. The Morgan fingerprint density at radius 3 is 2.30 bits per heavy atom. The number of hydrogen-bond acceptors (Lipinski definition) is 3. The first-order valence-corrected chi connectivity index (χ1v) is 10.6. The number of benzene rings is 2. The van der Waals surface area contributed by atoms with E-state index in [-0.39, 0.29) is 10.8 Å². The Hall–Kier alpha value is -2.38. The third-order valence-electron chi connectivity index (χ3n) is 4.93. The van der Waals surface area contributed by atoms with Gasteiger partial charge in [-0.3, -0.25) is 9.52 Å². The lowest BCUT2D eigenvalue weighted by Gasteiger charge is -2.30. The third kappa shape index (κ3) is 4.48. The number of sulfonamides is 1. The average molecular weight is 389 g/mol. The Balaban J connectivity index is 1.86. The highest BCUT2D eigenvalue weighted by Crippen LogP contribution is 2.22. The van der Waals surface area contributed by atoms with E-state index in [0.717, 1.165) is 18.7 Å². The number of carbonyl (C=O) groups is 1. The SMILES string of the molecule is Cc1ccc(NS(=O)(=O)c2cc(C(=O)N3CC[NH+](C)CC3)ccc2C)cc1. The minimum absolute atomic E-state index is 0.116. The second-order valence-corrected chi connectivity index (χ2v) is 8.85. The molecule has 1 aliphatic heterocycles. The molecule has 1 fully saturated rings. The van der Waals surface area contributed by atoms with Gasteiger partial charge in [0.25, 0.3) is 15.9 Å². The van der Waals surface area contributed by atoms with Crippen LogP contribution in [-0.2, 0) is 10.0 Å². The van der Waals surface area contributed by atoms with Gasteiger partial charge < -0.3 is 9.80 Å². The van der Waals surface area contributed by atoms with Crippen LogP contribution in [0.3, 0.4) is 0 Å². The lowest BCUT2D eigenvalue weighted by molar-refractivity contribution is -0.883. The van der Waals surface area contributed by atoms with Gasteiger partial charge in [0.1, 0.15) is 0 Å². The number of quaternary nitrogens is 1. The van der Waals surface area contributed by atoms with Gasteiger partial charge in [-0.05, 0) is 43.7 Å². The van der Waals surface area contributed by atoms with Crippen molar-refractivity contribution in [1.29, 1.82) is 0 Å². The number of carbonyl (C=O) groups excluding carboxylic acids is 1. The van der Waals surface area contributed by atoms with E-state index in [9.17, 15) is 13.2 Å². The number of nitrogens with zero attached hydrogens (tertiary/aromatic N) is 1. The summed E-state index contributed by atoms with van der Waals surface area (Å²) in [5.41, 5.74) is 2.56. The zero-order valence-electron chi connectivity index (χ0n) is 16.0. The molecule has 2 N–H and O–H groups in total. The van der Waals surface area contributed by atoms with E-state index in [0.29, 0.717) is 29.9 Å². The van der Waals surface area contributed by atoms with Crippen LogP contribution in [0, 0.1) is 13.8 Å². The van der Waals surface area contributed by atoms with Gasteiger partial charge in [0.15, 0.2) is 0 Å². The highest BCUT2D eigenvalue weighted by molar-refractivity contribution is 7.92. The number of likely N-dealkylation sites (N-methyl/N-ethyl adjacent to an activating group) is 1. The van der Waals surface area contributed by atoms with Crippen LogP contribution in [-0.4, -0.2) is 52.5 Å². The van der Waals surface area contributed by atoms with Crippen molar-refractivity contribution in [2.75, 3.05) is 37.9 Å². The molecule has 1 amide bonds. The standard InChI is InChI=1S/C20H25N3O3S/c1-15-4-8-18(9-5-15)21-27(25,26)19-14-17(7-6-16(19)2)20(24)23-12-10-22(3)11-13-23/h4-9,14,21H,10-13H2,1-3H3/p+1. The van der Waals surface area contributed by atoms with Crippen LogP contribution in [0.2, 0.25) is 0 Å². The molecule has 2 aromatic carbocycles. The monoisotopic (exact) mass is 388 g/mol. The number of rotatable bonds is 4. The molecular weight excluding hydrogens is 362 g/mol. The maximum atomic E-state index is 12.9. The summed E-state index contributed by atoms with van der Waals surface area (Å²) >= 11 is 0. The van der Waals surface area contributed by atoms with E-state index >= 15 is 0 Å². The van der Waals surface area contributed by atoms with Gasteiger partial charge in [-0.25, -0.2) is 8.42 Å². The molecule has 0 spiro atoms. The first-order chi connectivity index (χ1) is 12.8. The first-order valence-electron chi connectivity index (χ1n) is 9.07. The number of nitrogens with one attached hydrogen (secondary N) is 2. The number of amides is 1. The summed E-state index contributed by atoms with van der Waals surface area (Å²) in [5.74, 6) is -0.116. The maximum Gasteiger partial charge on any atom is 0.262 e. The van der Waals surface area contributed by atoms with Crippen LogP contribution in [0.4, 0.5) is 5.69 Å². The molecule has 1 aliphatic rings. The van der Waals surface area contributed by atoms with Gasteiger partial charge in [0, 0.05) is 11.3 Å². The predicted octanol–water partition coefficient (Wildman–Crippen LogP) is 1.07. The Kier molecular flexibility index (Phi) is 5.53. The van der Waals surface area contributed by atoms with Gasteiger partial charge in [0.05, 0.1) is 38.1 Å². The van der Waals surface area contributed by atoms with Crippen molar-refractivity contribution in [3.05, 3.63) is 59.2 Å². The molecule has 27 heavy (non-hydrogen) atoms. The third-order valence-corrected chi connectivity index (χ3v) is 6.46. The topological polar surface area (TPSA) is 70.9 Å². The lowest BCUT2D eigenvalue weighted by Crippen LogP contribution is -3.12. The minimum Gasteiger partial charge on any atom is -0.334 e. The van der Waals surface area contributed by atoms with Crippen LogP contribution in [0.25, 0.3) is 0 Å². The van der Waals surface area contributed by atoms with Gasteiger partial charge >= 0.3 is 0 Å². The fourth-order valence-electron chi connectivity index (χ4n) is 3.13. The molecule has 0 radical (unpaired) electrons. The number of aryl methyl sites for hydroxylation is 2. The molecule has 0 bridgehead atoms. The summed E-state index contributed by atoms with van der Waals surface area (Å²) in [4.78, 5) is 16.1. The molecule has 6 nitrogen and oxygen atoms in total. The first kappa shape index (κ1) is 19.4. The van der Waals surface area contributed by atoms with E-state index in [1.54, 1.807) is 36.1 Å². The highest BCUT2D eigenvalue weighted by Gasteiger charge is 2.25. The molecule has 2 aromatic rings. The lowest BCUT2D eigenvalue weighted by atomic mass is 10.1. The Labute approximate surface area is 160 Å². The molecular formula is C20H26N3O3S+. The van der Waals surface area contributed by atoms with Gasteiger partial charge in [0.2, 0.25) is 0 Å². The van der Waals surface area contributed by atoms with Crippen molar-refractivity contribution in [2.45, 2.75) is 18.7 Å². The van der Waals surface area contributed by atoms with Crippen molar-refractivity contribution in [3.8, 4) is 0 Å². The Morgan fingerprint density at radius 1 is 1.04 bits per heavy atom. The van der Waals surface area contributed by atoms with E-state index in [1.165, 1.54) is 11.0 Å². The van der Waals surface area contributed by atoms with Crippen molar-refractivity contribution in [2.24, 2.45) is 0 Å². The molecule has 3 rings (SSSR count). The molecule has 0 aromatic heterocycles. The Bertz CT molecular complexity index is 931. The molecule has 1 saturated heterocycles. The molecule has 1 heterocycles. The van der Waals surface area contributed by atoms with Crippen molar-refractivity contribution in [1.82, 2.24) is 4.90 Å². The summed E-state index contributed by atoms with van der Waals surface area (Å²) in [6.45, 7) is 6.84. The van der Waals surface area contributed by atoms with Crippen molar-refractivity contribution < 1.29 is 18.1 Å². The number of piperazine rings is 1. The van der Waals surface area contributed by atoms with E-state index in [2.05, 4.69) is 11.8 Å². The van der Waals surface area contributed by atoms with Crippen LogP contribution in [0.1, 0.15) is 21.5 Å². The highest BCUT2D eigenvalue weighted by atomic mass is 32.2.